The minimum absolute atomic E-state index is 0.0318. The number of hydrogen-bond donors (Lipinski definition) is 0. The second-order valence-electron chi connectivity index (χ2n) is 7.06. The zero-order valence-electron chi connectivity index (χ0n) is 16.0. The van der Waals surface area contributed by atoms with E-state index in [0.717, 1.165) is 24.9 Å². The zero-order valence-corrected chi connectivity index (χ0v) is 16.9. The van der Waals surface area contributed by atoms with E-state index in [4.69, 9.17) is 9.26 Å². The van der Waals surface area contributed by atoms with Crippen LogP contribution < -0.4 is 0 Å². The van der Waals surface area contributed by atoms with E-state index in [1.807, 2.05) is 21.7 Å². The Morgan fingerprint density at radius 3 is 2.76 bits per heavy atom. The lowest BCUT2D eigenvalue weighted by molar-refractivity contribution is 0.0598. The van der Waals surface area contributed by atoms with Crippen LogP contribution in [0.2, 0.25) is 0 Å². The fraction of sp³-hybridized carbons (Fsp3) is 0.333. The molecule has 8 heteroatoms. The third kappa shape index (κ3) is 4.37. The number of ether oxygens (including phenoxy) is 1. The van der Waals surface area contributed by atoms with E-state index in [1.165, 1.54) is 7.11 Å². The molecule has 1 fully saturated rings. The minimum atomic E-state index is -0.414. The fourth-order valence-corrected chi connectivity index (χ4v) is 4.19. The van der Waals surface area contributed by atoms with E-state index in [0.29, 0.717) is 35.8 Å². The molecule has 1 atom stereocenters. The molecule has 29 heavy (non-hydrogen) atoms. The summed E-state index contributed by atoms with van der Waals surface area (Å²) in [7, 11) is 1.34. The number of benzene rings is 1. The van der Waals surface area contributed by atoms with Crippen molar-refractivity contribution < 1.29 is 18.8 Å². The van der Waals surface area contributed by atoms with Crippen LogP contribution in [0.4, 0.5) is 0 Å². The van der Waals surface area contributed by atoms with Crippen LogP contribution in [0.3, 0.4) is 0 Å². The Morgan fingerprint density at radius 1 is 1.24 bits per heavy atom. The van der Waals surface area contributed by atoms with Gasteiger partial charge in [-0.1, -0.05) is 5.16 Å². The van der Waals surface area contributed by atoms with E-state index >= 15 is 0 Å². The number of methoxy groups -OCH3 is 1. The SMILES string of the molecule is COC(=O)c1ccc(C(=O)N2CCCC(Cc3nc(-c4ccsc4)no3)C2)cc1. The van der Waals surface area contributed by atoms with Crippen LogP contribution in [-0.4, -0.2) is 47.1 Å². The first kappa shape index (κ1) is 19.3. The Morgan fingerprint density at radius 2 is 2.03 bits per heavy atom. The molecule has 1 aromatic carbocycles. The number of thiophene rings is 1. The first-order chi connectivity index (χ1) is 14.1. The molecular formula is C21H21N3O4S. The van der Waals surface area contributed by atoms with E-state index in [2.05, 4.69) is 10.1 Å². The molecule has 7 nitrogen and oxygen atoms in total. The van der Waals surface area contributed by atoms with Gasteiger partial charge in [0.05, 0.1) is 12.7 Å². The normalized spacial score (nSPS) is 16.6. The summed E-state index contributed by atoms with van der Waals surface area (Å²) in [5, 5.41) is 8.02. The molecule has 1 saturated heterocycles. The van der Waals surface area contributed by atoms with Gasteiger partial charge in [-0.3, -0.25) is 4.79 Å². The van der Waals surface area contributed by atoms with Crippen LogP contribution >= 0.6 is 11.3 Å². The van der Waals surface area contributed by atoms with Gasteiger partial charge in [0.1, 0.15) is 0 Å². The van der Waals surface area contributed by atoms with Gasteiger partial charge in [0, 0.05) is 36.0 Å². The summed E-state index contributed by atoms with van der Waals surface area (Å²) in [5.41, 5.74) is 1.95. The van der Waals surface area contributed by atoms with E-state index < -0.39 is 5.97 Å². The summed E-state index contributed by atoms with van der Waals surface area (Å²) in [5.74, 6) is 1.04. The number of esters is 1. The molecule has 0 N–H and O–H groups in total. The number of rotatable bonds is 5. The first-order valence-corrected chi connectivity index (χ1v) is 10.4. The Balaban J connectivity index is 1.39. The van der Waals surface area contributed by atoms with Gasteiger partial charge in [-0.05, 0) is 54.5 Å². The average Bonchev–Trinajstić information content (AvgIpc) is 3.45. The number of likely N-dealkylation sites (tertiary alicyclic amines) is 1. The van der Waals surface area contributed by atoms with E-state index in [-0.39, 0.29) is 11.8 Å². The average molecular weight is 411 g/mol. The quantitative estimate of drug-likeness (QED) is 0.596. The molecular weight excluding hydrogens is 390 g/mol. The molecule has 1 aliphatic heterocycles. The second kappa shape index (κ2) is 8.57. The molecule has 3 heterocycles. The lowest BCUT2D eigenvalue weighted by atomic mass is 9.94. The van der Waals surface area contributed by atoms with Crippen molar-refractivity contribution >= 4 is 23.2 Å². The monoisotopic (exact) mass is 411 g/mol. The first-order valence-electron chi connectivity index (χ1n) is 9.47. The molecule has 2 aromatic heterocycles. The van der Waals surface area contributed by atoms with Gasteiger partial charge in [-0.2, -0.15) is 16.3 Å². The van der Waals surface area contributed by atoms with E-state index in [9.17, 15) is 9.59 Å². The molecule has 0 saturated carbocycles. The topological polar surface area (TPSA) is 85.5 Å². The molecule has 1 amide bonds. The smallest absolute Gasteiger partial charge is 0.337 e. The van der Waals surface area contributed by atoms with Crippen molar-refractivity contribution in [2.45, 2.75) is 19.3 Å². The number of nitrogens with zero attached hydrogens (tertiary/aromatic N) is 3. The Bertz CT molecular complexity index is 982. The predicted molar refractivity (Wildman–Crippen MR) is 108 cm³/mol. The number of aromatic nitrogens is 2. The standard InChI is InChI=1S/C21H21N3O4S/c1-27-21(26)16-6-4-15(5-7-16)20(25)24-9-2-3-14(12-24)11-18-22-19(23-28-18)17-8-10-29-13-17/h4-8,10,13-14H,2-3,9,11-12H2,1H3. The van der Waals surface area contributed by atoms with Crippen molar-refractivity contribution in [1.82, 2.24) is 15.0 Å². The van der Waals surface area contributed by atoms with Gasteiger partial charge >= 0.3 is 5.97 Å². The van der Waals surface area contributed by atoms with Crippen molar-refractivity contribution in [2.24, 2.45) is 5.92 Å². The second-order valence-corrected chi connectivity index (χ2v) is 7.84. The van der Waals surface area contributed by atoms with Gasteiger partial charge < -0.3 is 14.2 Å². The Hall–Kier alpha value is -3.00. The van der Waals surface area contributed by atoms with Gasteiger partial charge in [0.25, 0.3) is 5.91 Å². The molecule has 1 aliphatic rings. The highest BCUT2D eigenvalue weighted by atomic mass is 32.1. The number of carbonyl (C=O) groups excluding carboxylic acids is 2. The van der Waals surface area contributed by atoms with Crippen LogP contribution in [0.1, 0.15) is 39.4 Å². The minimum Gasteiger partial charge on any atom is -0.465 e. The molecule has 4 rings (SSSR count). The zero-order chi connectivity index (χ0) is 20.2. The highest BCUT2D eigenvalue weighted by molar-refractivity contribution is 7.08. The highest BCUT2D eigenvalue weighted by Crippen LogP contribution is 2.24. The lowest BCUT2D eigenvalue weighted by Crippen LogP contribution is -2.40. The van der Waals surface area contributed by atoms with Crippen LogP contribution in [0.25, 0.3) is 11.4 Å². The van der Waals surface area contributed by atoms with Crippen molar-refractivity contribution in [3.8, 4) is 11.4 Å². The van der Waals surface area contributed by atoms with Crippen LogP contribution in [0.5, 0.6) is 0 Å². The third-order valence-electron chi connectivity index (χ3n) is 5.07. The van der Waals surface area contributed by atoms with Crippen molar-refractivity contribution in [1.29, 1.82) is 0 Å². The van der Waals surface area contributed by atoms with Crippen molar-refractivity contribution in [2.75, 3.05) is 20.2 Å². The number of carbonyl (C=O) groups is 2. The van der Waals surface area contributed by atoms with Crippen LogP contribution in [0.15, 0.2) is 45.6 Å². The summed E-state index contributed by atoms with van der Waals surface area (Å²) in [4.78, 5) is 30.8. The predicted octanol–water partition coefficient (Wildman–Crippen LogP) is 3.68. The number of amides is 1. The summed E-state index contributed by atoms with van der Waals surface area (Å²) in [6, 6.07) is 8.54. The fourth-order valence-electron chi connectivity index (χ4n) is 3.56. The highest BCUT2D eigenvalue weighted by Gasteiger charge is 2.26. The maximum Gasteiger partial charge on any atom is 0.337 e. The summed E-state index contributed by atoms with van der Waals surface area (Å²) < 4.78 is 10.1. The van der Waals surface area contributed by atoms with Crippen LogP contribution in [-0.2, 0) is 11.2 Å². The van der Waals surface area contributed by atoms with Crippen LogP contribution in [0, 0.1) is 5.92 Å². The molecule has 0 bridgehead atoms. The molecule has 0 radical (unpaired) electrons. The maximum atomic E-state index is 12.9. The third-order valence-corrected chi connectivity index (χ3v) is 5.75. The molecule has 0 aliphatic carbocycles. The maximum absolute atomic E-state index is 12.9. The number of piperidine rings is 1. The van der Waals surface area contributed by atoms with Gasteiger partial charge in [-0.15, -0.1) is 0 Å². The Labute approximate surface area is 172 Å². The molecule has 0 spiro atoms. The summed E-state index contributed by atoms with van der Waals surface area (Å²) >= 11 is 1.59. The molecule has 3 aromatic rings. The van der Waals surface area contributed by atoms with Gasteiger partial charge in [0.15, 0.2) is 0 Å². The summed E-state index contributed by atoms with van der Waals surface area (Å²) in [6.07, 6.45) is 2.60. The summed E-state index contributed by atoms with van der Waals surface area (Å²) in [6.45, 7) is 1.37. The molecule has 150 valence electrons. The lowest BCUT2D eigenvalue weighted by Gasteiger charge is -2.32. The van der Waals surface area contributed by atoms with Crippen molar-refractivity contribution in [3.05, 3.63) is 58.1 Å². The van der Waals surface area contributed by atoms with Crippen molar-refractivity contribution in [3.63, 3.8) is 0 Å². The largest absolute Gasteiger partial charge is 0.465 e. The Kier molecular flexibility index (Phi) is 5.71. The van der Waals surface area contributed by atoms with Gasteiger partial charge in [-0.25, -0.2) is 4.79 Å². The van der Waals surface area contributed by atoms with E-state index in [1.54, 1.807) is 35.6 Å². The molecule has 1 unspecified atom stereocenters. The van der Waals surface area contributed by atoms with Gasteiger partial charge in [0.2, 0.25) is 11.7 Å². The number of hydrogen-bond acceptors (Lipinski definition) is 7.